The van der Waals surface area contributed by atoms with Crippen LogP contribution in [0, 0.1) is 0 Å². The van der Waals surface area contributed by atoms with Gasteiger partial charge in [0.2, 0.25) is 0 Å². The Hall–Kier alpha value is 1.69. The Morgan fingerprint density at radius 3 is 0.667 bits per heavy atom. The first-order valence-corrected chi connectivity index (χ1v) is 0. The van der Waals surface area contributed by atoms with Gasteiger partial charge in [0, 0.05) is 0 Å². The van der Waals surface area contributed by atoms with Crippen molar-refractivity contribution in [1.82, 2.24) is 0 Å². The maximum atomic E-state index is 0. The van der Waals surface area contributed by atoms with Gasteiger partial charge in [-0.05, 0) is 0 Å². The minimum Gasteiger partial charge on any atom is -2.00 e. The van der Waals surface area contributed by atoms with Crippen LogP contribution in [0.25, 0.3) is 0 Å². The van der Waals surface area contributed by atoms with E-state index >= 15 is 0 Å². The van der Waals surface area contributed by atoms with Crippen LogP contribution in [0.3, 0.4) is 0 Å². The van der Waals surface area contributed by atoms with Crippen molar-refractivity contribution in [2.24, 2.45) is 0 Å². The van der Waals surface area contributed by atoms with Crippen molar-refractivity contribution in [2.75, 3.05) is 0 Å². The van der Waals surface area contributed by atoms with Gasteiger partial charge in [0.05, 0.1) is 0 Å². The Kier molecular flexibility index (Phi) is 1530. The summed E-state index contributed by atoms with van der Waals surface area (Å²) in [5.74, 6) is 0. The van der Waals surface area contributed by atoms with Crippen LogP contribution < -0.4 is 0 Å². The molecule has 0 fully saturated rings. The molecule has 0 bridgehead atoms. The average molecular weight is 183 g/mol. The molecule has 0 amide bonds. The van der Waals surface area contributed by atoms with E-state index in [1.54, 1.807) is 0 Å². The zero-order valence-corrected chi connectivity index (χ0v) is 6.36. The summed E-state index contributed by atoms with van der Waals surface area (Å²) >= 11 is 0. The minimum atomic E-state index is 0. The molecule has 0 aromatic carbocycles. The standard InChI is InChI=1S/Fe.Mg.Mn.3O/q3*+2;3*-2. The molecular weight excluding hydrogens is 183 g/mol. The molecule has 6 heavy (non-hydrogen) atoms. The van der Waals surface area contributed by atoms with Gasteiger partial charge >= 0.3 is 57.2 Å². The molecule has 35 valence electrons. The molecular formula is FeMgMnO3. The summed E-state index contributed by atoms with van der Waals surface area (Å²) in [5.41, 5.74) is 0. The maximum Gasteiger partial charge on any atom is 2.00 e. The van der Waals surface area contributed by atoms with Gasteiger partial charge in [0.25, 0.3) is 0 Å². The summed E-state index contributed by atoms with van der Waals surface area (Å²) in [6, 6.07) is 0. The summed E-state index contributed by atoms with van der Waals surface area (Å²) in [6.45, 7) is 0. The van der Waals surface area contributed by atoms with Crippen LogP contribution in [-0.2, 0) is 50.6 Å². The van der Waals surface area contributed by atoms with E-state index in [4.69, 9.17) is 0 Å². The third kappa shape index (κ3) is 43.9. The smallest absolute Gasteiger partial charge is 2.00 e. The van der Waals surface area contributed by atoms with Crippen LogP contribution in [-0.4, -0.2) is 23.1 Å². The van der Waals surface area contributed by atoms with Crippen LogP contribution >= 0.6 is 0 Å². The molecule has 0 rings (SSSR count). The first-order valence-electron chi connectivity index (χ1n) is 0. The molecule has 1 radical (unpaired) electrons. The molecule has 3 nitrogen and oxygen atoms in total. The predicted molar refractivity (Wildman–Crippen MR) is 7.81 cm³/mol. The quantitative estimate of drug-likeness (QED) is 0.443. The Balaban J connectivity index is 0. The normalized spacial score (nSPS) is 0. The van der Waals surface area contributed by atoms with Gasteiger partial charge < -0.3 is 16.4 Å². The van der Waals surface area contributed by atoms with Crippen molar-refractivity contribution in [3.05, 3.63) is 0 Å². The molecule has 0 aromatic rings. The third-order valence-electron chi connectivity index (χ3n) is 0. The predicted octanol–water partition coefficient (Wildman–Crippen LogP) is -0.742. The Morgan fingerprint density at radius 2 is 0.667 bits per heavy atom. The van der Waals surface area contributed by atoms with E-state index in [2.05, 4.69) is 0 Å². The first-order chi connectivity index (χ1) is 0. The largest absolute Gasteiger partial charge is 2.00 e. The van der Waals surface area contributed by atoms with Crippen molar-refractivity contribution in [3.8, 4) is 0 Å². The molecule has 0 saturated carbocycles. The van der Waals surface area contributed by atoms with E-state index < -0.39 is 0 Å². The van der Waals surface area contributed by atoms with Crippen molar-refractivity contribution in [2.45, 2.75) is 0 Å². The summed E-state index contributed by atoms with van der Waals surface area (Å²) in [7, 11) is 0. The molecule has 0 aromatic heterocycles. The average Bonchev–Trinajstić information content (AvgIpc) is 0. The molecule has 0 aliphatic carbocycles. The van der Waals surface area contributed by atoms with Crippen LogP contribution in [0.4, 0.5) is 0 Å². The molecule has 0 aliphatic heterocycles. The molecule has 0 atom stereocenters. The topological polar surface area (TPSA) is 85.5 Å². The van der Waals surface area contributed by atoms with Gasteiger partial charge in [-0.3, -0.25) is 0 Å². The molecule has 0 aliphatic rings. The van der Waals surface area contributed by atoms with Crippen LogP contribution in [0.15, 0.2) is 0 Å². The summed E-state index contributed by atoms with van der Waals surface area (Å²) in [5, 5.41) is 0. The third-order valence-corrected chi connectivity index (χ3v) is 0. The fourth-order valence-corrected chi connectivity index (χ4v) is 0. The summed E-state index contributed by atoms with van der Waals surface area (Å²) < 4.78 is 0. The van der Waals surface area contributed by atoms with E-state index in [1.165, 1.54) is 0 Å². The first kappa shape index (κ1) is 121. The van der Waals surface area contributed by atoms with Crippen molar-refractivity contribution < 1.29 is 50.6 Å². The molecule has 0 saturated heterocycles. The van der Waals surface area contributed by atoms with Gasteiger partial charge in [0.15, 0.2) is 0 Å². The number of rotatable bonds is 0. The van der Waals surface area contributed by atoms with Crippen LogP contribution in [0.5, 0.6) is 0 Å². The number of hydrogen-bond donors (Lipinski definition) is 0. The zero-order valence-electron chi connectivity index (χ0n) is 2.66. The van der Waals surface area contributed by atoms with E-state index in [9.17, 15) is 0 Å². The minimum absolute atomic E-state index is 0. The monoisotopic (exact) mass is 183 g/mol. The van der Waals surface area contributed by atoms with Gasteiger partial charge in [-0.15, -0.1) is 0 Å². The van der Waals surface area contributed by atoms with Gasteiger partial charge in [-0.1, -0.05) is 0 Å². The zero-order chi connectivity index (χ0) is 0. The Labute approximate surface area is 73.3 Å². The van der Waals surface area contributed by atoms with Crippen LogP contribution in [0.2, 0.25) is 0 Å². The molecule has 0 spiro atoms. The number of hydrogen-bond acceptors (Lipinski definition) is 0. The Bertz CT molecular complexity index is 10.8. The van der Waals surface area contributed by atoms with Crippen molar-refractivity contribution in [1.29, 1.82) is 0 Å². The van der Waals surface area contributed by atoms with Gasteiger partial charge in [-0.25, -0.2) is 0 Å². The summed E-state index contributed by atoms with van der Waals surface area (Å²) in [4.78, 5) is 0. The van der Waals surface area contributed by atoms with E-state index in [1.807, 2.05) is 0 Å². The second kappa shape index (κ2) is 76.1. The molecule has 6 heteroatoms. The van der Waals surface area contributed by atoms with E-state index in [0.29, 0.717) is 0 Å². The Morgan fingerprint density at radius 1 is 0.667 bits per heavy atom. The molecule has 0 heterocycles. The molecule has 0 unspecified atom stereocenters. The fraction of sp³-hybridized carbons (Fsp3) is 0. The van der Waals surface area contributed by atoms with Crippen molar-refractivity contribution >= 4 is 23.1 Å². The van der Waals surface area contributed by atoms with Crippen molar-refractivity contribution in [3.63, 3.8) is 0 Å². The fourth-order valence-electron chi connectivity index (χ4n) is 0. The SMILES string of the molecule is [Fe+2].[Mg+2].[Mn+2].[O-2].[O-2].[O-2]. The second-order valence-electron chi connectivity index (χ2n) is 0. The molecule has 0 N–H and O–H groups in total. The summed E-state index contributed by atoms with van der Waals surface area (Å²) in [6.07, 6.45) is 0. The van der Waals surface area contributed by atoms with E-state index in [-0.39, 0.29) is 73.6 Å². The van der Waals surface area contributed by atoms with Gasteiger partial charge in [0.1, 0.15) is 0 Å². The van der Waals surface area contributed by atoms with E-state index in [0.717, 1.165) is 0 Å². The maximum absolute atomic E-state index is 0. The second-order valence-corrected chi connectivity index (χ2v) is 0. The van der Waals surface area contributed by atoms with Gasteiger partial charge in [-0.2, -0.15) is 0 Å². The van der Waals surface area contributed by atoms with Crippen LogP contribution in [0.1, 0.15) is 0 Å².